The minimum Gasteiger partial charge on any atom is -0.384 e. The average molecular weight is 274 g/mol. The maximum absolute atomic E-state index is 12.0. The highest BCUT2D eigenvalue weighted by Crippen LogP contribution is 2.20. The summed E-state index contributed by atoms with van der Waals surface area (Å²) in [5.74, 6) is 0.766. The highest BCUT2D eigenvalue weighted by atomic mass is 32.2. The number of sulfonamides is 1. The van der Waals surface area contributed by atoms with Crippen LogP contribution in [0.1, 0.15) is 6.92 Å². The van der Waals surface area contributed by atoms with Gasteiger partial charge >= 0.3 is 0 Å². The van der Waals surface area contributed by atoms with Gasteiger partial charge in [-0.1, -0.05) is 12.1 Å². The zero-order chi connectivity index (χ0) is 12.7. The molecule has 0 aliphatic heterocycles. The van der Waals surface area contributed by atoms with Crippen LogP contribution in [-0.4, -0.2) is 33.5 Å². The minimum absolute atomic E-state index is 0.308. The predicted molar refractivity (Wildman–Crippen MR) is 74.2 cm³/mol. The van der Waals surface area contributed by atoms with E-state index >= 15 is 0 Å². The topological polar surface area (TPSA) is 58.2 Å². The van der Waals surface area contributed by atoms with Crippen LogP contribution in [0.15, 0.2) is 29.2 Å². The van der Waals surface area contributed by atoms with Gasteiger partial charge in [-0.25, -0.2) is 13.1 Å². The Morgan fingerprint density at radius 1 is 1.29 bits per heavy atom. The monoisotopic (exact) mass is 274 g/mol. The Labute approximate surface area is 107 Å². The largest absolute Gasteiger partial charge is 0.384 e. The lowest BCUT2D eigenvalue weighted by atomic mass is 10.3. The van der Waals surface area contributed by atoms with Crippen molar-refractivity contribution in [3.05, 3.63) is 24.3 Å². The molecule has 17 heavy (non-hydrogen) atoms. The van der Waals surface area contributed by atoms with Crippen LogP contribution in [-0.2, 0) is 10.0 Å². The molecule has 1 rings (SSSR count). The van der Waals surface area contributed by atoms with Crippen LogP contribution in [0.3, 0.4) is 0 Å². The second-order valence-electron chi connectivity index (χ2n) is 3.42. The van der Waals surface area contributed by atoms with Gasteiger partial charge in [-0.3, -0.25) is 0 Å². The molecule has 0 heterocycles. The van der Waals surface area contributed by atoms with Crippen molar-refractivity contribution in [2.75, 3.05) is 30.4 Å². The molecule has 0 fully saturated rings. The summed E-state index contributed by atoms with van der Waals surface area (Å²) in [6.45, 7) is 3.08. The number of anilines is 1. The minimum atomic E-state index is -3.41. The summed E-state index contributed by atoms with van der Waals surface area (Å²) in [6, 6.07) is 6.93. The number of para-hydroxylation sites is 1. The number of hydrogen-bond acceptors (Lipinski definition) is 4. The molecule has 0 bridgehead atoms. The van der Waals surface area contributed by atoms with Crippen molar-refractivity contribution < 1.29 is 8.42 Å². The van der Waals surface area contributed by atoms with Gasteiger partial charge in [-0.05, 0) is 25.3 Å². The van der Waals surface area contributed by atoms with Crippen LogP contribution in [0.25, 0.3) is 0 Å². The van der Waals surface area contributed by atoms with Gasteiger partial charge in [0.05, 0.1) is 5.69 Å². The first kappa shape index (κ1) is 14.3. The Morgan fingerprint density at radius 3 is 2.65 bits per heavy atom. The van der Waals surface area contributed by atoms with Crippen LogP contribution in [0.2, 0.25) is 0 Å². The SMILES string of the molecule is CCNc1ccccc1S(=O)(=O)NCCSC. The first-order valence-corrected chi connectivity index (χ1v) is 8.31. The van der Waals surface area contributed by atoms with E-state index < -0.39 is 10.0 Å². The van der Waals surface area contributed by atoms with Gasteiger partial charge in [0.1, 0.15) is 4.90 Å². The van der Waals surface area contributed by atoms with E-state index in [1.807, 2.05) is 19.2 Å². The average Bonchev–Trinajstić information content (AvgIpc) is 2.30. The van der Waals surface area contributed by atoms with E-state index in [1.54, 1.807) is 30.0 Å². The molecular weight excluding hydrogens is 256 g/mol. The summed E-state index contributed by atoms with van der Waals surface area (Å²) >= 11 is 1.61. The molecule has 0 aliphatic carbocycles. The number of nitrogens with one attached hydrogen (secondary N) is 2. The third-order valence-corrected chi connectivity index (χ3v) is 4.27. The summed E-state index contributed by atoms with van der Waals surface area (Å²) in [4.78, 5) is 0.308. The number of hydrogen-bond donors (Lipinski definition) is 2. The summed E-state index contributed by atoms with van der Waals surface area (Å²) in [5.41, 5.74) is 0.645. The van der Waals surface area contributed by atoms with Crippen molar-refractivity contribution >= 4 is 27.5 Å². The Balaban J connectivity index is 2.89. The molecule has 0 aliphatic rings. The van der Waals surface area contributed by atoms with E-state index in [1.165, 1.54) is 0 Å². The van der Waals surface area contributed by atoms with E-state index in [4.69, 9.17) is 0 Å². The molecule has 0 spiro atoms. The first-order chi connectivity index (χ1) is 8.11. The molecule has 0 saturated carbocycles. The van der Waals surface area contributed by atoms with Gasteiger partial charge in [0, 0.05) is 18.8 Å². The maximum atomic E-state index is 12.0. The van der Waals surface area contributed by atoms with E-state index in [9.17, 15) is 8.42 Å². The third-order valence-electron chi connectivity index (χ3n) is 2.14. The fourth-order valence-electron chi connectivity index (χ4n) is 1.39. The molecule has 0 aromatic heterocycles. The summed E-state index contributed by atoms with van der Waals surface area (Å²) in [7, 11) is -3.41. The van der Waals surface area contributed by atoms with E-state index in [2.05, 4.69) is 10.0 Å². The zero-order valence-electron chi connectivity index (χ0n) is 10.1. The molecule has 0 atom stereocenters. The quantitative estimate of drug-likeness (QED) is 0.744. The van der Waals surface area contributed by atoms with E-state index in [-0.39, 0.29) is 0 Å². The molecule has 0 unspecified atom stereocenters. The van der Waals surface area contributed by atoms with Crippen LogP contribution < -0.4 is 10.0 Å². The molecule has 0 radical (unpaired) electrons. The lowest BCUT2D eigenvalue weighted by Gasteiger charge is -2.11. The molecule has 4 nitrogen and oxygen atoms in total. The fraction of sp³-hybridized carbons (Fsp3) is 0.455. The van der Waals surface area contributed by atoms with E-state index in [0.717, 1.165) is 5.75 Å². The van der Waals surface area contributed by atoms with Crippen molar-refractivity contribution in [2.24, 2.45) is 0 Å². The highest BCUT2D eigenvalue weighted by molar-refractivity contribution is 7.98. The molecule has 2 N–H and O–H groups in total. The van der Waals surface area contributed by atoms with Crippen LogP contribution in [0.4, 0.5) is 5.69 Å². The lowest BCUT2D eigenvalue weighted by molar-refractivity contribution is 0.584. The molecule has 0 saturated heterocycles. The number of thioether (sulfide) groups is 1. The molecule has 6 heteroatoms. The normalized spacial score (nSPS) is 11.4. The van der Waals surface area contributed by atoms with Crippen molar-refractivity contribution in [3.63, 3.8) is 0 Å². The summed E-state index contributed by atoms with van der Waals surface area (Å²) < 4.78 is 26.7. The van der Waals surface area contributed by atoms with Gasteiger partial charge in [0.25, 0.3) is 0 Å². The van der Waals surface area contributed by atoms with Gasteiger partial charge in [0.15, 0.2) is 0 Å². The maximum Gasteiger partial charge on any atom is 0.242 e. The Hall–Kier alpha value is -0.720. The van der Waals surface area contributed by atoms with Gasteiger partial charge < -0.3 is 5.32 Å². The van der Waals surface area contributed by atoms with Crippen LogP contribution in [0, 0.1) is 0 Å². The first-order valence-electron chi connectivity index (χ1n) is 5.43. The molecule has 0 amide bonds. The molecule has 1 aromatic rings. The lowest BCUT2D eigenvalue weighted by Crippen LogP contribution is -2.26. The smallest absolute Gasteiger partial charge is 0.242 e. The van der Waals surface area contributed by atoms with Crippen molar-refractivity contribution in [1.82, 2.24) is 4.72 Å². The number of rotatable bonds is 7. The highest BCUT2D eigenvalue weighted by Gasteiger charge is 2.16. The second kappa shape index (κ2) is 6.88. The van der Waals surface area contributed by atoms with Crippen LogP contribution in [0.5, 0.6) is 0 Å². The Morgan fingerprint density at radius 2 is 2.00 bits per heavy atom. The van der Waals surface area contributed by atoms with Crippen LogP contribution >= 0.6 is 11.8 Å². The molecular formula is C11H18N2O2S2. The van der Waals surface area contributed by atoms with Crippen molar-refractivity contribution in [3.8, 4) is 0 Å². The summed E-state index contributed by atoms with van der Waals surface area (Å²) in [5, 5.41) is 3.05. The predicted octanol–water partition coefficient (Wildman–Crippen LogP) is 1.76. The van der Waals surface area contributed by atoms with Crippen molar-refractivity contribution in [2.45, 2.75) is 11.8 Å². The van der Waals surface area contributed by atoms with Gasteiger partial charge in [-0.15, -0.1) is 0 Å². The fourth-order valence-corrected chi connectivity index (χ4v) is 3.04. The molecule has 1 aromatic carbocycles. The molecule has 96 valence electrons. The summed E-state index contributed by atoms with van der Waals surface area (Å²) in [6.07, 6.45) is 1.95. The standard InChI is InChI=1S/C11H18N2O2S2/c1-3-12-10-6-4-5-7-11(10)17(14,15)13-8-9-16-2/h4-7,12-13H,3,8-9H2,1-2H3. The number of benzene rings is 1. The van der Waals surface area contributed by atoms with Gasteiger partial charge in [0.2, 0.25) is 10.0 Å². The second-order valence-corrected chi connectivity index (χ2v) is 6.14. The Kier molecular flexibility index (Phi) is 5.80. The zero-order valence-corrected chi connectivity index (χ0v) is 11.7. The van der Waals surface area contributed by atoms with Crippen molar-refractivity contribution in [1.29, 1.82) is 0 Å². The van der Waals surface area contributed by atoms with E-state index in [0.29, 0.717) is 23.7 Å². The Bertz CT molecular complexity index is 447. The van der Waals surface area contributed by atoms with Gasteiger partial charge in [-0.2, -0.15) is 11.8 Å². The third kappa shape index (κ3) is 4.22.